The molecule has 17 nitrogen and oxygen atoms in total. The molecule has 0 bridgehead atoms. The monoisotopic (exact) mass is 912 g/mol. The van der Waals surface area contributed by atoms with Gasteiger partial charge in [0.05, 0.1) is 29.5 Å². The molecule has 1 unspecified atom stereocenters. The third-order valence-electron chi connectivity index (χ3n) is 10.3. The van der Waals surface area contributed by atoms with Gasteiger partial charge in [0.15, 0.2) is 12.4 Å². The maximum atomic E-state index is 13.9. The topological polar surface area (TPSA) is 207 Å². The van der Waals surface area contributed by atoms with E-state index in [0.717, 1.165) is 51.0 Å². The number of pyridine rings is 2. The van der Waals surface area contributed by atoms with Gasteiger partial charge in [-0.1, -0.05) is 12.5 Å². The number of ether oxygens (including phenoxy) is 1. The number of nitrogens with one attached hydrogen (secondary N) is 6. The van der Waals surface area contributed by atoms with Crippen LogP contribution in [0.2, 0.25) is 0 Å². The molecule has 6 N–H and O–H groups in total. The number of nitrogens with zero attached hydrogens (tertiary/aromatic N) is 4. The fourth-order valence-corrected chi connectivity index (χ4v) is 8.45. The number of hydrogen-bond acceptors (Lipinski definition) is 11. The first kappa shape index (κ1) is 49.1. The van der Waals surface area contributed by atoms with E-state index in [2.05, 4.69) is 41.4 Å². The van der Waals surface area contributed by atoms with Crippen LogP contribution in [0.3, 0.4) is 0 Å². The van der Waals surface area contributed by atoms with Gasteiger partial charge in [0.25, 0.3) is 21.8 Å². The second kappa shape index (κ2) is 23.6. The molecule has 334 valence electrons. The lowest BCUT2D eigenvalue weighted by molar-refractivity contribution is -0.684. The van der Waals surface area contributed by atoms with Gasteiger partial charge in [-0.2, -0.15) is 4.57 Å². The van der Waals surface area contributed by atoms with Gasteiger partial charge in [-0.3, -0.25) is 44.6 Å². The number of sulfonamides is 1. The molecule has 4 heterocycles. The molecule has 0 aliphatic carbocycles. The third-order valence-corrected chi connectivity index (χ3v) is 11.8. The number of morpholine rings is 1. The summed E-state index contributed by atoms with van der Waals surface area (Å²) < 4.78 is 36.8. The zero-order valence-electron chi connectivity index (χ0n) is 34.7. The van der Waals surface area contributed by atoms with Crippen molar-refractivity contribution in [3.8, 4) is 0 Å². The minimum atomic E-state index is -4.11. The van der Waals surface area contributed by atoms with Crippen molar-refractivity contribution in [3.63, 3.8) is 0 Å². The number of hydrogen-bond donors (Lipinski definition) is 6. The number of carbonyl (C=O) groups is 4. The number of aryl methyl sites for hydroxylation is 1. The lowest BCUT2D eigenvalue weighted by atomic mass is 10.1. The number of aromatic nitrogens is 2. The van der Waals surface area contributed by atoms with Crippen LogP contribution in [0.5, 0.6) is 0 Å². The molecule has 2 aromatic carbocycles. The minimum absolute atomic E-state index is 0. The van der Waals surface area contributed by atoms with E-state index >= 15 is 0 Å². The Morgan fingerprint density at radius 2 is 1.65 bits per heavy atom. The number of likely N-dealkylation sites (tertiary alicyclic amines) is 1. The van der Waals surface area contributed by atoms with Gasteiger partial charge in [0, 0.05) is 56.0 Å². The molecule has 6 rings (SSSR count). The number of benzene rings is 2. The summed E-state index contributed by atoms with van der Waals surface area (Å²) in [5.74, 6) is -2.18. The van der Waals surface area contributed by atoms with Crippen molar-refractivity contribution in [3.05, 3.63) is 102 Å². The molecular weight excluding hydrogens is 859 g/mol. The van der Waals surface area contributed by atoms with Gasteiger partial charge in [-0.05, 0) is 106 Å². The molecule has 2 aromatic heterocycles. The highest BCUT2D eigenvalue weighted by Gasteiger charge is 2.28. The zero-order valence-corrected chi connectivity index (χ0v) is 37.1. The summed E-state index contributed by atoms with van der Waals surface area (Å²) in [7, 11) is -4.11. The lowest BCUT2D eigenvalue weighted by Gasteiger charge is -2.31. The van der Waals surface area contributed by atoms with Gasteiger partial charge in [-0.25, -0.2) is 8.42 Å². The van der Waals surface area contributed by atoms with Crippen molar-refractivity contribution in [2.45, 2.75) is 63.6 Å². The smallest absolute Gasteiger partial charge is 0.327 e. The van der Waals surface area contributed by atoms with E-state index in [0.29, 0.717) is 60.8 Å². The van der Waals surface area contributed by atoms with Gasteiger partial charge in [0.2, 0.25) is 6.54 Å². The first-order chi connectivity index (χ1) is 29.0. The van der Waals surface area contributed by atoms with Gasteiger partial charge < -0.3 is 38.0 Å². The first-order valence-electron chi connectivity index (χ1n) is 20.1. The van der Waals surface area contributed by atoms with Crippen LogP contribution in [0.15, 0.2) is 90.3 Å². The first-order valence-corrected chi connectivity index (χ1v) is 21.6. The predicted molar refractivity (Wildman–Crippen MR) is 233 cm³/mol. The van der Waals surface area contributed by atoms with E-state index in [-0.39, 0.29) is 54.0 Å². The van der Waals surface area contributed by atoms with E-state index < -0.39 is 27.7 Å². The van der Waals surface area contributed by atoms with E-state index in [1.807, 2.05) is 17.0 Å². The number of carbonyl (C=O) groups excluding carboxylic acids is 4. The Hall–Kier alpha value is -5.53. The van der Waals surface area contributed by atoms with Gasteiger partial charge in [0.1, 0.15) is 11.7 Å². The van der Waals surface area contributed by atoms with Crippen molar-refractivity contribution in [1.82, 2.24) is 25.5 Å². The Balaban J connectivity index is 0.00000422. The van der Waals surface area contributed by atoms with E-state index in [1.54, 1.807) is 61.4 Å². The molecule has 2 aliphatic heterocycles. The third kappa shape index (κ3) is 13.7. The molecule has 4 aromatic rings. The number of halogens is 2. The number of amides is 4. The minimum Gasteiger partial charge on any atom is -1.00 e. The summed E-state index contributed by atoms with van der Waals surface area (Å²) in [5, 5.41) is 8.94. The Morgan fingerprint density at radius 3 is 2.39 bits per heavy atom. The Bertz CT molecular complexity index is 2250. The summed E-state index contributed by atoms with van der Waals surface area (Å²) in [6.45, 7) is 8.12. The average molecular weight is 914 g/mol. The zero-order chi connectivity index (χ0) is 42.5. The summed E-state index contributed by atoms with van der Waals surface area (Å²) in [4.78, 5) is 60.0. The molecule has 0 spiro atoms. The SMILES string of the molecule is Cc1ccc(S(=O)(=O)Nc2ccc(NNC(=O)C(=O)NCCCN3CCOCC3)cc2)c(C)c1NC(=O)C[n+]1cccc(C(=O)N2CCCCCC2Nc2cccnc2)c1.Cl.[Cl-]. The van der Waals surface area contributed by atoms with Crippen molar-refractivity contribution in [2.75, 3.05) is 66.7 Å². The molecule has 62 heavy (non-hydrogen) atoms. The number of rotatable bonds is 15. The normalized spacial score (nSPS) is 15.4. The molecule has 2 fully saturated rings. The van der Waals surface area contributed by atoms with Crippen molar-refractivity contribution in [1.29, 1.82) is 0 Å². The van der Waals surface area contributed by atoms with E-state index in [1.165, 1.54) is 30.3 Å². The Morgan fingerprint density at radius 1 is 0.887 bits per heavy atom. The van der Waals surface area contributed by atoms with Crippen LogP contribution in [-0.2, 0) is 35.7 Å². The van der Waals surface area contributed by atoms with E-state index in [9.17, 15) is 27.6 Å². The van der Waals surface area contributed by atoms with Crippen LogP contribution in [0.1, 0.15) is 53.6 Å². The summed E-state index contributed by atoms with van der Waals surface area (Å²) in [6.07, 6.45) is 11.0. The maximum Gasteiger partial charge on any atom is 0.327 e. The average Bonchev–Trinajstić information content (AvgIpc) is 3.49. The molecule has 20 heteroatoms. The van der Waals surface area contributed by atoms with Crippen LogP contribution in [0.25, 0.3) is 0 Å². The van der Waals surface area contributed by atoms with Crippen LogP contribution in [-0.4, -0.2) is 98.9 Å². The second-order valence-electron chi connectivity index (χ2n) is 14.8. The highest BCUT2D eigenvalue weighted by Crippen LogP contribution is 2.29. The Labute approximate surface area is 374 Å². The van der Waals surface area contributed by atoms with Crippen LogP contribution < -0.4 is 48.5 Å². The number of hydrazine groups is 1. The van der Waals surface area contributed by atoms with Crippen molar-refractivity contribution < 1.29 is 49.3 Å². The Kier molecular flexibility index (Phi) is 18.7. The van der Waals surface area contributed by atoms with Gasteiger partial charge in [-0.15, -0.1) is 12.4 Å². The lowest BCUT2D eigenvalue weighted by Crippen LogP contribution is -3.00. The van der Waals surface area contributed by atoms with Crippen LogP contribution in [0.4, 0.5) is 22.7 Å². The summed E-state index contributed by atoms with van der Waals surface area (Å²) >= 11 is 0. The highest BCUT2D eigenvalue weighted by molar-refractivity contribution is 7.92. The number of anilines is 4. The highest BCUT2D eigenvalue weighted by atomic mass is 35.5. The fourth-order valence-electron chi connectivity index (χ4n) is 7.14. The van der Waals surface area contributed by atoms with Crippen LogP contribution in [0, 0.1) is 13.8 Å². The molecule has 0 radical (unpaired) electrons. The quantitative estimate of drug-likeness (QED) is 0.0422. The summed E-state index contributed by atoms with van der Waals surface area (Å²) in [6, 6.07) is 16.4. The molecule has 4 amide bonds. The molecule has 2 aliphatic rings. The second-order valence-corrected chi connectivity index (χ2v) is 16.4. The summed E-state index contributed by atoms with van der Waals surface area (Å²) in [5.41, 5.74) is 8.32. The fraction of sp³-hybridized carbons (Fsp3) is 0.381. The molecule has 2 saturated heterocycles. The van der Waals surface area contributed by atoms with Crippen molar-refractivity contribution >= 4 is 68.8 Å². The molecular formula is C42H54Cl2N10O7S. The maximum absolute atomic E-state index is 13.9. The van der Waals surface area contributed by atoms with E-state index in [4.69, 9.17) is 4.74 Å². The molecule has 1 atom stereocenters. The molecule has 0 saturated carbocycles. The predicted octanol–water partition coefficient (Wildman–Crippen LogP) is 0.587. The standard InChI is InChI=1S/C42H52N10O7S.2ClH/c1-30-12-17-36(60(57,58)49-34-15-13-33(14-16-34)47-48-41(55)40(54)44-19-8-21-50-23-25-59-26-24-50)31(2)39(30)46-38(53)29-51-20-7-9-32(28-51)42(56)52-22-5-3-4-11-37(52)45-35-10-6-18-43-27-35;;/h6-7,9-10,12-18,20,27-28,37,45H,3-5,8,11,19,21-26,29H2,1-2H3,(H4-,44,46,47,48,49,53,54,55);2*1H. The van der Waals surface area contributed by atoms with Gasteiger partial charge >= 0.3 is 11.8 Å². The van der Waals surface area contributed by atoms with Crippen molar-refractivity contribution in [2.24, 2.45) is 0 Å². The largest absolute Gasteiger partial charge is 1.00 e. The van der Waals surface area contributed by atoms with Crippen LogP contribution >= 0.6 is 12.4 Å².